The smallest absolute Gasteiger partial charge is 0.306 e. The lowest BCUT2D eigenvalue weighted by Gasteiger charge is -2.30. The van der Waals surface area contributed by atoms with Gasteiger partial charge < -0.3 is 4.98 Å². The average Bonchev–Trinajstić information content (AvgIpc) is 3.43. The molecule has 36 heavy (non-hydrogen) atoms. The van der Waals surface area contributed by atoms with Gasteiger partial charge in [0.2, 0.25) is 0 Å². The minimum absolute atomic E-state index is 0.0168. The summed E-state index contributed by atoms with van der Waals surface area (Å²) in [4.78, 5) is 29.3. The number of H-pyrrole nitrogens is 1. The van der Waals surface area contributed by atoms with Gasteiger partial charge in [-0.25, -0.2) is 17.8 Å². The average molecular weight is 502 g/mol. The zero-order valence-electron chi connectivity index (χ0n) is 18.8. The van der Waals surface area contributed by atoms with E-state index in [0.717, 1.165) is 16.6 Å². The van der Waals surface area contributed by atoms with E-state index in [2.05, 4.69) is 20.5 Å². The van der Waals surface area contributed by atoms with Crippen LogP contribution in [0.4, 0.5) is 5.69 Å². The number of fused-ring (bicyclic) bond motifs is 2. The van der Waals surface area contributed by atoms with E-state index < -0.39 is 21.3 Å². The first-order chi connectivity index (χ1) is 17.4. The van der Waals surface area contributed by atoms with E-state index in [4.69, 9.17) is 0 Å². The summed E-state index contributed by atoms with van der Waals surface area (Å²) in [5.74, 6) is 0. The van der Waals surface area contributed by atoms with Crippen LogP contribution in [0.25, 0.3) is 22.3 Å². The molecule has 11 nitrogen and oxygen atoms in total. The number of aromatic nitrogens is 6. The number of aryl methyl sites for hydroxylation is 1. The maximum absolute atomic E-state index is 13.7. The number of para-hydroxylation sites is 1. The van der Waals surface area contributed by atoms with Gasteiger partial charge in [-0.1, -0.05) is 30.3 Å². The van der Waals surface area contributed by atoms with Crippen molar-refractivity contribution >= 4 is 26.6 Å². The Bertz CT molecular complexity index is 1840. The van der Waals surface area contributed by atoms with Crippen LogP contribution in [-0.4, -0.2) is 44.7 Å². The summed E-state index contributed by atoms with van der Waals surface area (Å²) in [5, 5.41) is 11.3. The second kappa shape index (κ2) is 8.27. The first kappa shape index (κ1) is 21.9. The third kappa shape index (κ3) is 3.41. The normalized spacial score (nSPS) is 13.6. The zero-order chi connectivity index (χ0) is 24.9. The molecule has 180 valence electrons. The third-order valence-corrected chi connectivity index (χ3v) is 8.04. The molecule has 0 spiro atoms. The first-order valence-electron chi connectivity index (χ1n) is 11.2. The van der Waals surface area contributed by atoms with Gasteiger partial charge in [0.25, 0.3) is 15.6 Å². The van der Waals surface area contributed by atoms with Crippen molar-refractivity contribution in [2.24, 2.45) is 0 Å². The molecule has 3 aromatic carbocycles. The van der Waals surface area contributed by atoms with Crippen LogP contribution < -0.4 is 15.6 Å². The highest BCUT2D eigenvalue weighted by molar-refractivity contribution is 7.92. The number of sulfonamides is 1. The van der Waals surface area contributed by atoms with Crippen molar-refractivity contribution in [2.75, 3.05) is 10.8 Å². The topological polar surface area (TPSA) is 136 Å². The molecule has 0 radical (unpaired) electrons. The number of hydrogen-bond donors (Lipinski definition) is 1. The quantitative estimate of drug-likeness (QED) is 0.397. The lowest BCUT2D eigenvalue weighted by molar-refractivity contribution is 0.586. The van der Waals surface area contributed by atoms with Crippen LogP contribution in [0.15, 0.2) is 87.5 Å². The molecule has 1 N–H and O–H groups in total. The zero-order valence-corrected chi connectivity index (χ0v) is 19.6. The largest absolute Gasteiger partial charge is 0.333 e. The van der Waals surface area contributed by atoms with E-state index in [1.165, 1.54) is 39.6 Å². The summed E-state index contributed by atoms with van der Waals surface area (Å²) in [5.41, 5.74) is 1.09. The molecule has 12 heteroatoms. The van der Waals surface area contributed by atoms with Crippen LogP contribution >= 0.6 is 0 Å². The summed E-state index contributed by atoms with van der Waals surface area (Å²) < 4.78 is 30.9. The Hall–Kier alpha value is -4.58. The fourth-order valence-electron chi connectivity index (χ4n) is 4.60. The summed E-state index contributed by atoms with van der Waals surface area (Å²) in [7, 11) is -3.94. The van der Waals surface area contributed by atoms with Crippen molar-refractivity contribution in [2.45, 2.75) is 17.7 Å². The fourth-order valence-corrected chi connectivity index (χ4v) is 6.18. The Labute approximate surface area is 204 Å². The van der Waals surface area contributed by atoms with Gasteiger partial charge in [0.05, 0.1) is 32.9 Å². The van der Waals surface area contributed by atoms with Gasteiger partial charge in [-0.3, -0.25) is 9.10 Å². The summed E-state index contributed by atoms with van der Waals surface area (Å²) >= 11 is 0. The highest BCUT2D eigenvalue weighted by Gasteiger charge is 2.29. The van der Waals surface area contributed by atoms with Crippen molar-refractivity contribution < 1.29 is 8.42 Å². The van der Waals surface area contributed by atoms with Gasteiger partial charge in [0.1, 0.15) is 6.33 Å². The van der Waals surface area contributed by atoms with Crippen LogP contribution in [0.3, 0.4) is 0 Å². The number of nitrogens with one attached hydrogen (secondary N) is 1. The number of anilines is 1. The van der Waals surface area contributed by atoms with Crippen molar-refractivity contribution in [1.82, 2.24) is 29.8 Å². The van der Waals surface area contributed by atoms with E-state index in [1.54, 1.807) is 30.3 Å². The number of tetrazole rings is 1. The first-order valence-corrected chi connectivity index (χ1v) is 12.6. The highest BCUT2D eigenvalue weighted by atomic mass is 32.2. The molecule has 1 aliphatic heterocycles. The predicted molar refractivity (Wildman–Crippen MR) is 132 cm³/mol. The summed E-state index contributed by atoms with van der Waals surface area (Å²) in [6.45, 7) is 0.343. The molecule has 0 unspecified atom stereocenters. The molecular weight excluding hydrogens is 482 g/mol. The van der Waals surface area contributed by atoms with E-state index in [0.29, 0.717) is 29.9 Å². The molecule has 6 rings (SSSR count). The van der Waals surface area contributed by atoms with Gasteiger partial charge in [-0.05, 0) is 65.2 Å². The lowest BCUT2D eigenvalue weighted by Crippen LogP contribution is -2.36. The van der Waals surface area contributed by atoms with Crippen molar-refractivity contribution in [3.05, 3.63) is 99.5 Å². The van der Waals surface area contributed by atoms with Crippen LogP contribution in [0.1, 0.15) is 12.0 Å². The van der Waals surface area contributed by atoms with E-state index >= 15 is 0 Å². The minimum atomic E-state index is -3.94. The van der Waals surface area contributed by atoms with Gasteiger partial charge in [0, 0.05) is 6.54 Å². The molecule has 0 aliphatic carbocycles. The van der Waals surface area contributed by atoms with Crippen LogP contribution in [-0.2, 0) is 16.4 Å². The van der Waals surface area contributed by atoms with E-state index in [9.17, 15) is 18.0 Å². The highest BCUT2D eigenvalue weighted by Crippen LogP contribution is 2.32. The van der Waals surface area contributed by atoms with Gasteiger partial charge >= 0.3 is 5.69 Å². The predicted octanol–water partition coefficient (Wildman–Crippen LogP) is 1.80. The number of rotatable bonds is 4. The van der Waals surface area contributed by atoms with Gasteiger partial charge in [-0.2, -0.15) is 4.68 Å². The van der Waals surface area contributed by atoms with Gasteiger partial charge in [0.15, 0.2) is 0 Å². The van der Waals surface area contributed by atoms with Crippen LogP contribution in [0.2, 0.25) is 0 Å². The van der Waals surface area contributed by atoms with E-state index in [-0.39, 0.29) is 16.0 Å². The molecule has 0 saturated carbocycles. The maximum atomic E-state index is 13.7. The summed E-state index contributed by atoms with van der Waals surface area (Å²) in [6.07, 6.45) is 2.83. The van der Waals surface area contributed by atoms with Crippen LogP contribution in [0.5, 0.6) is 0 Å². The fraction of sp³-hybridized carbons (Fsp3) is 0.125. The third-order valence-electron chi connectivity index (χ3n) is 6.23. The maximum Gasteiger partial charge on any atom is 0.333 e. The summed E-state index contributed by atoms with van der Waals surface area (Å²) in [6, 6.07) is 18.2. The number of hydrogen-bond acceptors (Lipinski definition) is 7. The molecule has 2 aromatic heterocycles. The second-order valence-corrected chi connectivity index (χ2v) is 10.2. The second-order valence-electron chi connectivity index (χ2n) is 8.33. The number of benzene rings is 3. The molecule has 1 aliphatic rings. The van der Waals surface area contributed by atoms with Crippen molar-refractivity contribution in [1.29, 1.82) is 0 Å². The minimum Gasteiger partial charge on any atom is -0.306 e. The molecule has 0 saturated heterocycles. The van der Waals surface area contributed by atoms with Crippen molar-refractivity contribution in [3.63, 3.8) is 0 Å². The number of nitrogens with zero attached hydrogens (tertiary/aromatic N) is 6. The molecule has 0 amide bonds. The standard InChI is InChI=1S/C24H19N7O4S/c32-23-22-19(10-4-12-21(22)29-15-25-27-28-29)26-24(33)31(23)17-8-3-9-18(14-17)36(34,35)30-13-5-7-16-6-1-2-11-20(16)30/h1-4,6,8-12,14-15H,5,7,13H2,(H,26,33). The van der Waals surface area contributed by atoms with Crippen molar-refractivity contribution in [3.8, 4) is 11.4 Å². The van der Waals surface area contributed by atoms with Crippen LogP contribution in [0, 0.1) is 0 Å². The van der Waals surface area contributed by atoms with Gasteiger partial charge in [-0.15, -0.1) is 5.10 Å². The molecule has 0 atom stereocenters. The lowest BCUT2D eigenvalue weighted by atomic mass is 10.0. The Morgan fingerprint density at radius 2 is 1.72 bits per heavy atom. The Kier molecular flexibility index (Phi) is 5.04. The SMILES string of the molecule is O=c1[nH]c2cccc(-n3cnnn3)c2c(=O)n1-c1cccc(S(=O)(=O)N2CCCc3ccccc32)c1. The number of aromatic amines is 1. The van der Waals surface area contributed by atoms with E-state index in [1.807, 2.05) is 12.1 Å². The molecule has 0 fully saturated rings. The molecular formula is C24H19N7O4S. The molecule has 5 aromatic rings. The Morgan fingerprint density at radius 1 is 0.917 bits per heavy atom. The molecule has 3 heterocycles. The monoisotopic (exact) mass is 501 g/mol. The Morgan fingerprint density at radius 3 is 2.56 bits per heavy atom. The Balaban J connectivity index is 1.52. The molecule has 0 bridgehead atoms.